The number of ether oxygens (including phenoxy) is 2. The molecule has 0 spiro atoms. The van der Waals surface area contributed by atoms with Crippen LogP contribution in [0.15, 0.2) is 30.3 Å². The summed E-state index contributed by atoms with van der Waals surface area (Å²) >= 11 is 0. The number of aliphatic hydroxyl groups excluding tert-OH is 1. The van der Waals surface area contributed by atoms with Crippen LogP contribution in [0.25, 0.3) is 0 Å². The van der Waals surface area contributed by atoms with E-state index in [0.29, 0.717) is 19.1 Å². The standard InChI is InChI=1S/C18H27NO3/c20-13-18(14-22-15-18)12-19(10-16-4-2-1-3-5-16)11-17-6-8-21-9-7-17/h1-5,17,20H,6-15H2. The highest BCUT2D eigenvalue weighted by Crippen LogP contribution is 2.29. The Hall–Kier alpha value is -0.940. The number of nitrogens with zero attached hydrogens (tertiary/aromatic N) is 1. The largest absolute Gasteiger partial charge is 0.396 e. The van der Waals surface area contributed by atoms with Crippen LogP contribution in [0.3, 0.4) is 0 Å². The molecule has 22 heavy (non-hydrogen) atoms. The van der Waals surface area contributed by atoms with Crippen LogP contribution in [-0.4, -0.2) is 56.1 Å². The first-order valence-electron chi connectivity index (χ1n) is 8.32. The third kappa shape index (κ3) is 4.07. The van der Waals surface area contributed by atoms with E-state index >= 15 is 0 Å². The highest BCUT2D eigenvalue weighted by Gasteiger charge is 2.40. The van der Waals surface area contributed by atoms with Gasteiger partial charge in [0, 0.05) is 32.8 Å². The molecule has 2 fully saturated rings. The predicted molar refractivity (Wildman–Crippen MR) is 85.6 cm³/mol. The van der Waals surface area contributed by atoms with Crippen LogP contribution in [-0.2, 0) is 16.0 Å². The maximum Gasteiger partial charge on any atom is 0.0579 e. The Balaban J connectivity index is 1.64. The van der Waals surface area contributed by atoms with Gasteiger partial charge in [0.15, 0.2) is 0 Å². The van der Waals surface area contributed by atoms with Crippen molar-refractivity contribution in [2.24, 2.45) is 11.3 Å². The van der Waals surface area contributed by atoms with Gasteiger partial charge in [-0.25, -0.2) is 0 Å². The van der Waals surface area contributed by atoms with E-state index < -0.39 is 0 Å². The molecule has 1 aromatic carbocycles. The van der Waals surface area contributed by atoms with Crippen LogP contribution in [0.4, 0.5) is 0 Å². The fourth-order valence-electron chi connectivity index (χ4n) is 3.42. The molecule has 4 heteroatoms. The van der Waals surface area contributed by atoms with Gasteiger partial charge in [-0.15, -0.1) is 0 Å². The first-order valence-corrected chi connectivity index (χ1v) is 8.32. The summed E-state index contributed by atoms with van der Waals surface area (Å²) in [5.74, 6) is 0.703. The van der Waals surface area contributed by atoms with Gasteiger partial charge in [0.2, 0.25) is 0 Å². The van der Waals surface area contributed by atoms with Gasteiger partial charge in [-0.05, 0) is 24.3 Å². The van der Waals surface area contributed by atoms with Crippen LogP contribution < -0.4 is 0 Å². The highest BCUT2D eigenvalue weighted by atomic mass is 16.5. The van der Waals surface area contributed by atoms with Crippen LogP contribution >= 0.6 is 0 Å². The topological polar surface area (TPSA) is 41.9 Å². The fourth-order valence-corrected chi connectivity index (χ4v) is 3.42. The summed E-state index contributed by atoms with van der Waals surface area (Å²) in [7, 11) is 0. The second-order valence-corrected chi connectivity index (χ2v) is 6.86. The number of aliphatic hydroxyl groups is 1. The maximum absolute atomic E-state index is 9.73. The summed E-state index contributed by atoms with van der Waals surface area (Å²) in [5, 5.41) is 9.73. The van der Waals surface area contributed by atoms with Crippen LogP contribution in [0, 0.1) is 11.3 Å². The highest BCUT2D eigenvalue weighted by molar-refractivity contribution is 5.14. The number of rotatable bonds is 7. The van der Waals surface area contributed by atoms with Gasteiger partial charge in [-0.3, -0.25) is 4.90 Å². The van der Waals surface area contributed by atoms with Gasteiger partial charge >= 0.3 is 0 Å². The predicted octanol–water partition coefficient (Wildman–Crippen LogP) is 1.92. The lowest BCUT2D eigenvalue weighted by Gasteiger charge is -2.44. The van der Waals surface area contributed by atoms with Crippen molar-refractivity contribution >= 4 is 0 Å². The van der Waals surface area contributed by atoms with E-state index in [1.54, 1.807) is 0 Å². The second-order valence-electron chi connectivity index (χ2n) is 6.86. The van der Waals surface area contributed by atoms with Crippen molar-refractivity contribution in [3.8, 4) is 0 Å². The molecule has 0 aliphatic carbocycles. The van der Waals surface area contributed by atoms with Crippen LogP contribution in [0.5, 0.6) is 0 Å². The Labute approximate surface area is 133 Å². The summed E-state index contributed by atoms with van der Waals surface area (Å²) in [6.07, 6.45) is 2.29. The van der Waals surface area contributed by atoms with Crippen LogP contribution in [0.2, 0.25) is 0 Å². The summed E-state index contributed by atoms with van der Waals surface area (Å²) in [6.45, 7) is 6.29. The van der Waals surface area contributed by atoms with Gasteiger partial charge < -0.3 is 14.6 Å². The number of benzene rings is 1. The summed E-state index contributed by atoms with van der Waals surface area (Å²) in [4.78, 5) is 2.50. The number of hydrogen-bond donors (Lipinski definition) is 1. The fraction of sp³-hybridized carbons (Fsp3) is 0.667. The average molecular weight is 305 g/mol. The molecule has 2 aliphatic rings. The maximum atomic E-state index is 9.73. The lowest BCUT2D eigenvalue weighted by atomic mass is 9.85. The Morgan fingerprint density at radius 3 is 2.41 bits per heavy atom. The Morgan fingerprint density at radius 1 is 1.09 bits per heavy atom. The quantitative estimate of drug-likeness (QED) is 0.836. The van der Waals surface area contributed by atoms with E-state index in [0.717, 1.165) is 45.7 Å². The summed E-state index contributed by atoms with van der Waals surface area (Å²) in [6, 6.07) is 10.6. The van der Waals surface area contributed by atoms with Crippen molar-refractivity contribution in [1.29, 1.82) is 0 Å². The zero-order chi connectivity index (χ0) is 15.3. The molecule has 0 atom stereocenters. The minimum absolute atomic E-state index is 0.0556. The molecule has 0 amide bonds. The minimum Gasteiger partial charge on any atom is -0.396 e. The third-order valence-corrected chi connectivity index (χ3v) is 4.82. The van der Waals surface area contributed by atoms with Crippen molar-refractivity contribution in [2.45, 2.75) is 19.4 Å². The van der Waals surface area contributed by atoms with Gasteiger partial charge in [-0.2, -0.15) is 0 Å². The SMILES string of the molecule is OCC1(CN(Cc2ccccc2)CC2CCOCC2)COC1. The Kier molecular flexibility index (Phi) is 5.47. The van der Waals surface area contributed by atoms with Crippen molar-refractivity contribution < 1.29 is 14.6 Å². The number of hydrogen-bond acceptors (Lipinski definition) is 4. The van der Waals surface area contributed by atoms with Gasteiger partial charge in [0.05, 0.1) is 25.2 Å². The van der Waals surface area contributed by atoms with Crippen molar-refractivity contribution in [3.05, 3.63) is 35.9 Å². The van der Waals surface area contributed by atoms with E-state index in [4.69, 9.17) is 9.47 Å². The molecule has 4 nitrogen and oxygen atoms in total. The van der Waals surface area contributed by atoms with E-state index in [1.165, 1.54) is 5.56 Å². The first kappa shape index (κ1) is 15.9. The Morgan fingerprint density at radius 2 is 1.82 bits per heavy atom. The Bertz CT molecular complexity index is 435. The molecule has 2 aliphatic heterocycles. The zero-order valence-corrected chi connectivity index (χ0v) is 13.2. The molecular formula is C18H27NO3. The average Bonchev–Trinajstić information content (AvgIpc) is 2.53. The summed E-state index contributed by atoms with van der Waals surface area (Å²) < 4.78 is 10.8. The lowest BCUT2D eigenvalue weighted by Crippen LogP contribution is -2.53. The third-order valence-electron chi connectivity index (χ3n) is 4.82. The zero-order valence-electron chi connectivity index (χ0n) is 13.2. The van der Waals surface area contributed by atoms with E-state index in [9.17, 15) is 5.11 Å². The molecule has 3 rings (SSSR count). The molecule has 122 valence electrons. The molecule has 1 aromatic rings. The molecule has 1 N–H and O–H groups in total. The minimum atomic E-state index is -0.0556. The summed E-state index contributed by atoms with van der Waals surface area (Å²) in [5.41, 5.74) is 1.28. The van der Waals surface area contributed by atoms with Crippen LogP contribution in [0.1, 0.15) is 18.4 Å². The second kappa shape index (κ2) is 7.55. The molecule has 2 heterocycles. The van der Waals surface area contributed by atoms with Crippen molar-refractivity contribution in [3.63, 3.8) is 0 Å². The normalized spacial score (nSPS) is 21.7. The first-order chi connectivity index (χ1) is 10.8. The molecule has 2 saturated heterocycles. The van der Waals surface area contributed by atoms with Gasteiger partial charge in [0.1, 0.15) is 0 Å². The van der Waals surface area contributed by atoms with Gasteiger partial charge in [0.25, 0.3) is 0 Å². The monoisotopic (exact) mass is 305 g/mol. The lowest BCUT2D eigenvalue weighted by molar-refractivity contribution is -0.150. The molecule has 0 radical (unpaired) electrons. The molecule has 0 saturated carbocycles. The molecule has 0 bridgehead atoms. The van der Waals surface area contributed by atoms with E-state index in [2.05, 4.69) is 35.2 Å². The van der Waals surface area contributed by atoms with E-state index in [-0.39, 0.29) is 12.0 Å². The van der Waals surface area contributed by atoms with E-state index in [1.807, 2.05) is 0 Å². The van der Waals surface area contributed by atoms with Crippen molar-refractivity contribution in [2.75, 3.05) is 46.1 Å². The van der Waals surface area contributed by atoms with Crippen molar-refractivity contribution in [1.82, 2.24) is 4.90 Å². The smallest absolute Gasteiger partial charge is 0.0579 e. The molecule has 0 unspecified atom stereocenters. The molecular weight excluding hydrogens is 278 g/mol. The molecule has 0 aromatic heterocycles. The van der Waals surface area contributed by atoms with Gasteiger partial charge in [-0.1, -0.05) is 30.3 Å².